The van der Waals surface area contributed by atoms with Crippen molar-refractivity contribution < 1.29 is 19.7 Å². The molecule has 2 aromatic carbocycles. The molecule has 4 nitrogen and oxygen atoms in total. The minimum Gasteiger partial charge on any atom is -0.508 e. The molecule has 2 N–H and O–H groups in total. The third kappa shape index (κ3) is 2.79. The lowest BCUT2D eigenvalue weighted by molar-refractivity contribution is 0.362. The van der Waals surface area contributed by atoms with Crippen LogP contribution in [-0.4, -0.2) is 24.4 Å². The van der Waals surface area contributed by atoms with E-state index in [0.29, 0.717) is 22.6 Å². The van der Waals surface area contributed by atoms with Crippen LogP contribution in [0.2, 0.25) is 0 Å². The van der Waals surface area contributed by atoms with Gasteiger partial charge in [0.1, 0.15) is 11.5 Å². The van der Waals surface area contributed by atoms with Crippen LogP contribution in [0.1, 0.15) is 17.0 Å². The second-order valence-corrected chi connectivity index (χ2v) is 4.54. The minimum atomic E-state index is -0.307. The first kappa shape index (κ1) is 14.8. The van der Waals surface area contributed by atoms with Gasteiger partial charge in [-0.3, -0.25) is 0 Å². The Morgan fingerprint density at radius 1 is 0.952 bits per heavy atom. The molecule has 0 aromatic heterocycles. The Bertz CT molecular complexity index is 649. The van der Waals surface area contributed by atoms with Crippen molar-refractivity contribution in [1.82, 2.24) is 0 Å². The number of hydrogen-bond acceptors (Lipinski definition) is 4. The molecule has 0 heterocycles. The summed E-state index contributed by atoms with van der Waals surface area (Å²) >= 11 is 0. The van der Waals surface area contributed by atoms with Crippen LogP contribution in [0.15, 0.2) is 49.1 Å². The van der Waals surface area contributed by atoms with Crippen LogP contribution in [0.4, 0.5) is 0 Å². The molecule has 2 aromatic rings. The molecule has 0 fully saturated rings. The van der Waals surface area contributed by atoms with Crippen molar-refractivity contribution in [2.75, 3.05) is 14.2 Å². The normalized spacial score (nSPS) is 11.7. The third-order valence-corrected chi connectivity index (χ3v) is 3.37. The van der Waals surface area contributed by atoms with E-state index < -0.39 is 0 Å². The van der Waals surface area contributed by atoms with Crippen LogP contribution in [0, 0.1) is 0 Å². The number of hydrogen-bond donors (Lipinski definition) is 2. The highest BCUT2D eigenvalue weighted by atomic mass is 16.5. The second kappa shape index (κ2) is 6.22. The number of methoxy groups -OCH3 is 2. The van der Waals surface area contributed by atoms with E-state index in [1.54, 1.807) is 37.5 Å². The summed E-state index contributed by atoms with van der Waals surface area (Å²) in [5.41, 5.74) is 1.39. The van der Waals surface area contributed by atoms with Gasteiger partial charge in [-0.2, -0.15) is 0 Å². The van der Waals surface area contributed by atoms with E-state index >= 15 is 0 Å². The summed E-state index contributed by atoms with van der Waals surface area (Å²) in [6, 6.07) is 10.2. The summed E-state index contributed by atoms with van der Waals surface area (Å²) < 4.78 is 10.4. The maximum atomic E-state index is 10.0. The van der Waals surface area contributed by atoms with Gasteiger partial charge in [-0.25, -0.2) is 0 Å². The molecule has 0 spiro atoms. The highest BCUT2D eigenvalue weighted by molar-refractivity contribution is 5.56. The zero-order chi connectivity index (χ0) is 15.4. The number of para-hydroxylation sites is 1. The quantitative estimate of drug-likeness (QED) is 0.827. The Morgan fingerprint density at radius 3 is 2.19 bits per heavy atom. The Kier molecular flexibility index (Phi) is 4.38. The summed E-state index contributed by atoms with van der Waals surface area (Å²) in [7, 11) is 3.02. The van der Waals surface area contributed by atoms with Gasteiger partial charge in [0, 0.05) is 23.1 Å². The zero-order valence-corrected chi connectivity index (χ0v) is 12.0. The third-order valence-electron chi connectivity index (χ3n) is 3.37. The fourth-order valence-electron chi connectivity index (χ4n) is 2.32. The van der Waals surface area contributed by atoms with Gasteiger partial charge in [-0.1, -0.05) is 24.3 Å². The average Bonchev–Trinajstić information content (AvgIpc) is 2.50. The largest absolute Gasteiger partial charge is 0.508 e. The molecule has 0 aliphatic carbocycles. The smallest absolute Gasteiger partial charge is 0.164 e. The van der Waals surface area contributed by atoms with Crippen molar-refractivity contribution in [3.05, 3.63) is 60.2 Å². The lowest BCUT2D eigenvalue weighted by Crippen LogP contribution is -2.02. The highest BCUT2D eigenvalue weighted by Crippen LogP contribution is 2.41. The summed E-state index contributed by atoms with van der Waals surface area (Å²) in [5.74, 6) is 0.752. The Balaban J connectivity index is 2.60. The van der Waals surface area contributed by atoms with E-state index in [4.69, 9.17) is 9.47 Å². The molecule has 0 radical (unpaired) electrons. The van der Waals surface area contributed by atoms with Crippen LogP contribution in [0.5, 0.6) is 23.0 Å². The summed E-state index contributed by atoms with van der Waals surface area (Å²) in [6.45, 7) is 3.82. The number of rotatable bonds is 5. The first-order chi connectivity index (χ1) is 10.1. The van der Waals surface area contributed by atoms with Gasteiger partial charge in [0.25, 0.3) is 0 Å². The number of phenolic OH excluding ortho intramolecular Hbond substituents is 2. The van der Waals surface area contributed by atoms with Crippen LogP contribution < -0.4 is 9.47 Å². The van der Waals surface area contributed by atoms with Crippen molar-refractivity contribution in [2.45, 2.75) is 5.92 Å². The van der Waals surface area contributed by atoms with Gasteiger partial charge < -0.3 is 19.7 Å². The molecule has 21 heavy (non-hydrogen) atoms. The molecular formula is C17H18O4. The standard InChI is InChI=1S/C17H18O4/c1-4-11(12-7-5-6-8-14(12)18)13-9-15(19)17(21-3)10-16(13)20-2/h4-11,18-19H,1H2,2-3H3/t11-/m0/s1. The molecule has 0 aliphatic heterocycles. The maximum Gasteiger partial charge on any atom is 0.164 e. The predicted molar refractivity (Wildman–Crippen MR) is 81.4 cm³/mol. The Morgan fingerprint density at radius 2 is 1.62 bits per heavy atom. The fraction of sp³-hybridized carbons (Fsp3) is 0.176. The molecule has 110 valence electrons. The first-order valence-electron chi connectivity index (χ1n) is 6.47. The van der Waals surface area contributed by atoms with Gasteiger partial charge in [-0.15, -0.1) is 6.58 Å². The van der Waals surface area contributed by atoms with Gasteiger partial charge in [0.05, 0.1) is 14.2 Å². The molecular weight excluding hydrogens is 268 g/mol. The van der Waals surface area contributed by atoms with Crippen LogP contribution >= 0.6 is 0 Å². The average molecular weight is 286 g/mol. The molecule has 1 atom stereocenters. The first-order valence-corrected chi connectivity index (χ1v) is 6.47. The number of ether oxygens (including phenoxy) is 2. The van der Waals surface area contributed by atoms with Crippen LogP contribution in [0.25, 0.3) is 0 Å². The molecule has 0 aliphatic rings. The summed E-state index contributed by atoms with van der Waals surface area (Å²) in [6.07, 6.45) is 1.69. The van der Waals surface area contributed by atoms with Gasteiger partial charge in [0.15, 0.2) is 11.5 Å². The van der Waals surface area contributed by atoms with Crippen molar-refractivity contribution in [3.8, 4) is 23.0 Å². The molecule has 0 saturated heterocycles. The summed E-state index contributed by atoms with van der Waals surface area (Å²) in [5, 5.41) is 20.0. The number of benzene rings is 2. The molecule has 4 heteroatoms. The Labute approximate surface area is 123 Å². The van der Waals surface area contributed by atoms with Gasteiger partial charge in [-0.05, 0) is 12.1 Å². The van der Waals surface area contributed by atoms with Gasteiger partial charge >= 0.3 is 0 Å². The summed E-state index contributed by atoms with van der Waals surface area (Å²) in [4.78, 5) is 0. The maximum absolute atomic E-state index is 10.0. The monoisotopic (exact) mass is 286 g/mol. The van der Waals surface area contributed by atoms with E-state index in [0.717, 1.165) is 0 Å². The number of allylic oxidation sites excluding steroid dienone is 1. The second-order valence-electron chi connectivity index (χ2n) is 4.54. The van der Waals surface area contributed by atoms with Crippen molar-refractivity contribution >= 4 is 0 Å². The van der Waals surface area contributed by atoms with E-state index in [1.807, 2.05) is 12.1 Å². The fourth-order valence-corrected chi connectivity index (χ4v) is 2.32. The molecule has 0 saturated carbocycles. The van der Waals surface area contributed by atoms with E-state index in [2.05, 4.69) is 6.58 Å². The number of phenols is 2. The lowest BCUT2D eigenvalue weighted by atomic mass is 9.89. The van der Waals surface area contributed by atoms with Crippen molar-refractivity contribution in [1.29, 1.82) is 0 Å². The van der Waals surface area contributed by atoms with Crippen LogP contribution in [0.3, 0.4) is 0 Å². The van der Waals surface area contributed by atoms with Gasteiger partial charge in [0.2, 0.25) is 0 Å². The van der Waals surface area contributed by atoms with E-state index in [-0.39, 0.29) is 17.4 Å². The van der Waals surface area contributed by atoms with Crippen molar-refractivity contribution in [3.63, 3.8) is 0 Å². The molecule has 0 bridgehead atoms. The predicted octanol–water partition coefficient (Wildman–Crippen LogP) is 3.43. The number of aromatic hydroxyl groups is 2. The minimum absolute atomic E-state index is 0.00979. The van der Waals surface area contributed by atoms with Crippen molar-refractivity contribution in [2.24, 2.45) is 0 Å². The molecule has 0 unspecified atom stereocenters. The highest BCUT2D eigenvalue weighted by Gasteiger charge is 2.20. The van der Waals surface area contributed by atoms with E-state index in [9.17, 15) is 10.2 Å². The molecule has 2 rings (SSSR count). The van der Waals surface area contributed by atoms with Crippen LogP contribution in [-0.2, 0) is 0 Å². The lowest BCUT2D eigenvalue weighted by Gasteiger charge is -2.19. The SMILES string of the molecule is C=C[C@@H](c1ccccc1O)c1cc(O)c(OC)cc1OC. The Hall–Kier alpha value is -2.62. The molecule has 0 amide bonds. The van der Waals surface area contributed by atoms with E-state index in [1.165, 1.54) is 7.11 Å². The topological polar surface area (TPSA) is 58.9 Å². The zero-order valence-electron chi connectivity index (χ0n) is 12.0.